The molecule has 2 aromatic heterocycles. The number of fused-ring (bicyclic) bond motifs is 1. The van der Waals surface area contributed by atoms with E-state index in [1.807, 2.05) is 0 Å². The molecule has 1 aliphatic rings. The Balaban J connectivity index is 1.86. The van der Waals surface area contributed by atoms with Gasteiger partial charge in [0.1, 0.15) is 16.0 Å². The summed E-state index contributed by atoms with van der Waals surface area (Å²) in [6.45, 7) is 0. The van der Waals surface area contributed by atoms with E-state index < -0.39 is 16.7 Å². The highest BCUT2D eigenvalue weighted by Crippen LogP contribution is 2.37. The lowest BCUT2D eigenvalue weighted by Gasteiger charge is -2.01. The summed E-state index contributed by atoms with van der Waals surface area (Å²) in [4.78, 5) is 23.2. The molecule has 1 amide bonds. The maximum Gasteiger partial charge on any atom is 0.433 e. The van der Waals surface area contributed by atoms with Crippen LogP contribution in [0.2, 0.25) is 0 Å². The van der Waals surface area contributed by atoms with Gasteiger partial charge in [-0.3, -0.25) is 14.9 Å². The Kier molecular flexibility index (Phi) is 4.12. The van der Waals surface area contributed by atoms with Gasteiger partial charge in [0.25, 0.3) is 5.91 Å². The molecular formula is C15H13N3O4S. The van der Waals surface area contributed by atoms with Crippen LogP contribution < -0.4 is 5.32 Å². The molecule has 0 aliphatic heterocycles. The fraction of sp³-hybridized carbons (Fsp3) is 0.333. The Bertz CT molecular complexity index is 815. The summed E-state index contributed by atoms with van der Waals surface area (Å²) in [5.41, 5.74) is 1.53. The molecule has 7 nitrogen and oxygen atoms in total. The predicted octanol–water partition coefficient (Wildman–Crippen LogP) is 3.64. The third-order valence-corrected chi connectivity index (χ3v) is 4.96. The van der Waals surface area contributed by atoms with Gasteiger partial charge < -0.3 is 9.73 Å². The van der Waals surface area contributed by atoms with Crippen LogP contribution in [0.1, 0.15) is 45.8 Å². The zero-order valence-electron chi connectivity index (χ0n) is 12.1. The van der Waals surface area contributed by atoms with Gasteiger partial charge in [0.15, 0.2) is 5.76 Å². The molecule has 0 atom stereocenters. The molecule has 2 aromatic rings. The van der Waals surface area contributed by atoms with Gasteiger partial charge in [-0.2, -0.15) is 5.26 Å². The van der Waals surface area contributed by atoms with Crippen molar-refractivity contribution < 1.29 is 14.1 Å². The first kappa shape index (κ1) is 15.2. The fourth-order valence-electron chi connectivity index (χ4n) is 2.66. The van der Waals surface area contributed by atoms with Gasteiger partial charge in [0.2, 0.25) is 0 Å². The third kappa shape index (κ3) is 2.96. The SMILES string of the molecule is N#Cc1c(NC(=O)c2ccc([N+](=O)[O-])o2)sc2c1CCCCC2. The van der Waals surface area contributed by atoms with Gasteiger partial charge in [-0.1, -0.05) is 6.42 Å². The number of furan rings is 1. The number of hydrogen-bond acceptors (Lipinski definition) is 6. The topological polar surface area (TPSA) is 109 Å². The minimum atomic E-state index is -0.704. The highest BCUT2D eigenvalue weighted by molar-refractivity contribution is 7.16. The van der Waals surface area contributed by atoms with Crippen LogP contribution in [0.5, 0.6) is 0 Å². The molecule has 23 heavy (non-hydrogen) atoms. The molecule has 0 radical (unpaired) electrons. The van der Waals surface area contributed by atoms with Gasteiger partial charge in [-0.15, -0.1) is 11.3 Å². The van der Waals surface area contributed by atoms with E-state index in [9.17, 15) is 20.2 Å². The molecule has 8 heteroatoms. The van der Waals surface area contributed by atoms with Gasteiger partial charge in [-0.05, 0) is 37.3 Å². The molecular weight excluding hydrogens is 318 g/mol. The second kappa shape index (κ2) is 6.22. The highest BCUT2D eigenvalue weighted by Gasteiger charge is 2.23. The van der Waals surface area contributed by atoms with Crippen LogP contribution in [-0.4, -0.2) is 10.8 Å². The zero-order valence-corrected chi connectivity index (χ0v) is 12.9. The first-order chi connectivity index (χ1) is 11.1. The van der Waals surface area contributed by atoms with Crippen molar-refractivity contribution in [3.63, 3.8) is 0 Å². The van der Waals surface area contributed by atoms with Crippen LogP contribution in [0.4, 0.5) is 10.9 Å². The van der Waals surface area contributed by atoms with E-state index in [1.165, 1.54) is 17.4 Å². The Morgan fingerprint density at radius 2 is 2.13 bits per heavy atom. The smallest absolute Gasteiger partial charge is 0.395 e. The monoisotopic (exact) mass is 331 g/mol. The van der Waals surface area contributed by atoms with Crippen LogP contribution in [-0.2, 0) is 12.8 Å². The van der Waals surface area contributed by atoms with Crippen molar-refractivity contribution in [3.8, 4) is 6.07 Å². The largest absolute Gasteiger partial charge is 0.433 e. The molecule has 1 N–H and O–H groups in total. The summed E-state index contributed by atoms with van der Waals surface area (Å²) in [7, 11) is 0. The number of nitrogens with one attached hydrogen (secondary N) is 1. The summed E-state index contributed by atoms with van der Waals surface area (Å²) >= 11 is 1.41. The lowest BCUT2D eigenvalue weighted by atomic mass is 10.1. The number of nitrogens with zero attached hydrogens (tertiary/aromatic N) is 2. The lowest BCUT2D eigenvalue weighted by molar-refractivity contribution is -0.402. The standard InChI is InChI=1S/C15H13N3O4S/c16-8-10-9-4-2-1-3-5-12(9)23-15(10)17-14(19)11-6-7-13(22-11)18(20)21/h6-7H,1-5H2,(H,17,19). The van der Waals surface area contributed by atoms with E-state index in [0.29, 0.717) is 10.6 Å². The summed E-state index contributed by atoms with van der Waals surface area (Å²) in [5.74, 6) is -1.23. The Labute approximate surface area is 135 Å². The first-order valence-electron chi connectivity index (χ1n) is 7.20. The van der Waals surface area contributed by atoms with E-state index >= 15 is 0 Å². The molecule has 0 saturated heterocycles. The Morgan fingerprint density at radius 1 is 1.35 bits per heavy atom. The van der Waals surface area contributed by atoms with Crippen molar-refractivity contribution in [1.29, 1.82) is 5.26 Å². The number of hydrogen-bond donors (Lipinski definition) is 1. The molecule has 0 bridgehead atoms. The summed E-state index contributed by atoms with van der Waals surface area (Å²) < 4.78 is 4.89. The molecule has 0 spiro atoms. The van der Waals surface area contributed by atoms with Crippen LogP contribution in [0, 0.1) is 21.4 Å². The van der Waals surface area contributed by atoms with Crippen LogP contribution in [0.25, 0.3) is 0 Å². The van der Waals surface area contributed by atoms with Crippen molar-refractivity contribution in [2.75, 3.05) is 5.32 Å². The average Bonchev–Trinajstić information content (AvgIpc) is 3.07. The highest BCUT2D eigenvalue weighted by atomic mass is 32.1. The molecule has 1 aliphatic carbocycles. The molecule has 118 valence electrons. The fourth-order valence-corrected chi connectivity index (χ4v) is 3.90. The van der Waals surface area contributed by atoms with Crippen molar-refractivity contribution in [2.45, 2.75) is 32.1 Å². The lowest BCUT2D eigenvalue weighted by Crippen LogP contribution is -2.10. The third-order valence-electron chi connectivity index (χ3n) is 3.76. The number of aryl methyl sites for hydroxylation is 1. The normalized spacial score (nSPS) is 13.7. The van der Waals surface area contributed by atoms with Crippen molar-refractivity contribution in [2.24, 2.45) is 0 Å². The molecule has 3 rings (SSSR count). The van der Waals surface area contributed by atoms with Crippen LogP contribution in [0.15, 0.2) is 16.5 Å². The Hall–Kier alpha value is -2.66. The predicted molar refractivity (Wildman–Crippen MR) is 83.6 cm³/mol. The molecule has 2 heterocycles. The summed E-state index contributed by atoms with van der Waals surface area (Å²) in [5, 5.41) is 23.1. The number of anilines is 1. The van der Waals surface area contributed by atoms with Gasteiger partial charge in [0.05, 0.1) is 11.6 Å². The molecule has 0 aromatic carbocycles. The number of nitriles is 1. The van der Waals surface area contributed by atoms with Crippen molar-refractivity contribution >= 4 is 28.1 Å². The van der Waals surface area contributed by atoms with Crippen molar-refractivity contribution in [1.82, 2.24) is 0 Å². The minimum Gasteiger partial charge on any atom is -0.395 e. The summed E-state index contributed by atoms with van der Waals surface area (Å²) in [6, 6.07) is 4.55. The maximum absolute atomic E-state index is 12.2. The quantitative estimate of drug-likeness (QED) is 0.524. The van der Waals surface area contributed by atoms with E-state index in [1.54, 1.807) is 0 Å². The zero-order chi connectivity index (χ0) is 16.4. The number of carbonyl (C=O) groups is 1. The van der Waals surface area contributed by atoms with E-state index in [0.717, 1.165) is 48.6 Å². The van der Waals surface area contributed by atoms with Crippen molar-refractivity contribution in [3.05, 3.63) is 44.0 Å². The minimum absolute atomic E-state index is 0.149. The molecule has 0 fully saturated rings. The number of thiophene rings is 1. The first-order valence-corrected chi connectivity index (χ1v) is 8.02. The maximum atomic E-state index is 12.2. The van der Waals surface area contributed by atoms with Gasteiger partial charge in [-0.25, -0.2) is 0 Å². The van der Waals surface area contributed by atoms with Crippen LogP contribution in [0.3, 0.4) is 0 Å². The van der Waals surface area contributed by atoms with E-state index in [-0.39, 0.29) is 5.76 Å². The molecule has 0 saturated carbocycles. The van der Waals surface area contributed by atoms with Gasteiger partial charge in [0, 0.05) is 4.88 Å². The second-order valence-corrected chi connectivity index (χ2v) is 6.33. The van der Waals surface area contributed by atoms with Crippen LogP contribution >= 0.6 is 11.3 Å². The second-order valence-electron chi connectivity index (χ2n) is 5.23. The number of rotatable bonds is 3. The van der Waals surface area contributed by atoms with E-state index in [2.05, 4.69) is 11.4 Å². The number of carbonyl (C=O) groups excluding carboxylic acids is 1. The average molecular weight is 331 g/mol. The molecule has 0 unspecified atom stereocenters. The summed E-state index contributed by atoms with van der Waals surface area (Å²) in [6.07, 6.45) is 5.02. The number of amides is 1. The van der Waals surface area contributed by atoms with Gasteiger partial charge >= 0.3 is 5.88 Å². The number of nitro groups is 1. The Morgan fingerprint density at radius 3 is 2.83 bits per heavy atom. The van der Waals surface area contributed by atoms with E-state index in [4.69, 9.17) is 4.42 Å².